The summed E-state index contributed by atoms with van der Waals surface area (Å²) in [5, 5.41) is 11.7. The standard InChI is InChI=1S/C15H19NO5/c1-15(2,3)21-14(19)16-12(13(17)18)11-8-9-6-4-5-7-10(9)20-11/h4-7,11-12H,8H2,1-3H3,(H,16,19)(H,17,18)/t11?,12-/m0/s1. The Morgan fingerprint density at radius 1 is 1.38 bits per heavy atom. The Morgan fingerprint density at radius 2 is 2.05 bits per heavy atom. The van der Waals surface area contributed by atoms with Crippen molar-refractivity contribution in [3.05, 3.63) is 29.8 Å². The molecule has 0 radical (unpaired) electrons. The lowest BCUT2D eigenvalue weighted by Gasteiger charge is -2.24. The number of carbonyl (C=O) groups excluding carboxylic acids is 1. The van der Waals surface area contributed by atoms with Crippen LogP contribution in [-0.4, -0.2) is 34.9 Å². The molecular weight excluding hydrogens is 274 g/mol. The molecule has 114 valence electrons. The third-order valence-corrected chi connectivity index (χ3v) is 2.98. The Labute approximate surface area is 123 Å². The second-order valence-electron chi connectivity index (χ2n) is 5.93. The first-order valence-corrected chi connectivity index (χ1v) is 6.73. The van der Waals surface area contributed by atoms with E-state index in [1.165, 1.54) is 0 Å². The number of nitrogens with one attached hydrogen (secondary N) is 1. The summed E-state index contributed by atoms with van der Waals surface area (Å²) in [6, 6.07) is 6.18. The van der Waals surface area contributed by atoms with E-state index in [1.807, 2.05) is 18.2 Å². The molecule has 0 aromatic heterocycles. The zero-order valence-corrected chi connectivity index (χ0v) is 12.3. The van der Waals surface area contributed by atoms with Crippen LogP contribution in [0.5, 0.6) is 5.75 Å². The van der Waals surface area contributed by atoms with E-state index in [1.54, 1.807) is 26.8 Å². The van der Waals surface area contributed by atoms with E-state index in [-0.39, 0.29) is 0 Å². The zero-order chi connectivity index (χ0) is 15.6. The van der Waals surface area contributed by atoms with E-state index in [0.717, 1.165) is 5.56 Å². The van der Waals surface area contributed by atoms with E-state index >= 15 is 0 Å². The zero-order valence-electron chi connectivity index (χ0n) is 12.3. The second kappa shape index (κ2) is 5.63. The van der Waals surface area contributed by atoms with Gasteiger partial charge < -0.3 is 19.9 Å². The van der Waals surface area contributed by atoms with E-state index in [4.69, 9.17) is 9.47 Å². The quantitative estimate of drug-likeness (QED) is 0.890. The number of carbonyl (C=O) groups is 2. The minimum absolute atomic E-state index is 0.433. The van der Waals surface area contributed by atoms with Gasteiger partial charge in [-0.2, -0.15) is 0 Å². The first-order chi connectivity index (χ1) is 9.76. The highest BCUT2D eigenvalue weighted by Crippen LogP contribution is 2.29. The van der Waals surface area contributed by atoms with Crippen molar-refractivity contribution < 1.29 is 24.2 Å². The first kappa shape index (κ1) is 15.2. The number of hydrogen-bond acceptors (Lipinski definition) is 4. The summed E-state index contributed by atoms with van der Waals surface area (Å²) in [4.78, 5) is 23.1. The lowest BCUT2D eigenvalue weighted by Crippen LogP contribution is -2.51. The predicted molar refractivity (Wildman–Crippen MR) is 75.4 cm³/mol. The van der Waals surface area contributed by atoms with Gasteiger partial charge in [-0.15, -0.1) is 0 Å². The summed E-state index contributed by atoms with van der Waals surface area (Å²) in [5.41, 5.74) is 0.242. The number of carboxylic acids is 1. The summed E-state index contributed by atoms with van der Waals surface area (Å²) in [6.07, 6.45) is -0.981. The van der Waals surface area contributed by atoms with Gasteiger partial charge in [-0.05, 0) is 32.4 Å². The van der Waals surface area contributed by atoms with Crippen molar-refractivity contribution >= 4 is 12.1 Å². The maximum Gasteiger partial charge on any atom is 0.408 e. The Morgan fingerprint density at radius 3 is 2.62 bits per heavy atom. The number of alkyl carbamates (subject to hydrolysis) is 1. The Hall–Kier alpha value is -2.24. The molecule has 6 nitrogen and oxygen atoms in total. The van der Waals surface area contributed by atoms with Crippen molar-refractivity contribution in [3.8, 4) is 5.75 Å². The Balaban J connectivity index is 2.05. The number of aliphatic carboxylic acids is 1. The molecule has 0 spiro atoms. The third-order valence-electron chi connectivity index (χ3n) is 2.98. The van der Waals surface area contributed by atoms with Crippen LogP contribution < -0.4 is 10.1 Å². The normalized spacial score (nSPS) is 18.3. The van der Waals surface area contributed by atoms with E-state index in [9.17, 15) is 14.7 Å². The van der Waals surface area contributed by atoms with Crippen LogP contribution in [0.2, 0.25) is 0 Å². The second-order valence-corrected chi connectivity index (χ2v) is 5.93. The molecule has 2 rings (SSSR count). The van der Waals surface area contributed by atoms with E-state index < -0.39 is 29.8 Å². The summed E-state index contributed by atoms with van der Waals surface area (Å²) < 4.78 is 10.7. The summed E-state index contributed by atoms with van der Waals surface area (Å²) >= 11 is 0. The number of amides is 1. The average molecular weight is 293 g/mol. The van der Waals surface area contributed by atoms with Crippen LogP contribution in [0, 0.1) is 0 Å². The number of ether oxygens (including phenoxy) is 2. The van der Waals surface area contributed by atoms with Crippen LogP contribution in [0.15, 0.2) is 24.3 Å². The van der Waals surface area contributed by atoms with Crippen LogP contribution in [0.3, 0.4) is 0 Å². The van der Waals surface area contributed by atoms with Crippen molar-refractivity contribution in [2.45, 2.75) is 44.9 Å². The van der Waals surface area contributed by atoms with Gasteiger partial charge >= 0.3 is 12.1 Å². The maximum atomic E-state index is 11.8. The number of rotatable bonds is 3. The number of hydrogen-bond donors (Lipinski definition) is 2. The van der Waals surface area contributed by atoms with Crippen LogP contribution in [0.25, 0.3) is 0 Å². The molecule has 0 aliphatic carbocycles. The lowest BCUT2D eigenvalue weighted by atomic mass is 10.0. The van der Waals surface area contributed by atoms with Gasteiger partial charge in [0.25, 0.3) is 0 Å². The molecule has 6 heteroatoms. The molecule has 1 aliphatic heterocycles. The van der Waals surface area contributed by atoms with Crippen molar-refractivity contribution in [2.24, 2.45) is 0 Å². The largest absolute Gasteiger partial charge is 0.487 e. The molecule has 1 aromatic rings. The number of carboxylic acid groups (broad SMARTS) is 1. The molecule has 0 bridgehead atoms. The summed E-state index contributed by atoms with van der Waals surface area (Å²) in [5.74, 6) is -0.501. The molecule has 2 N–H and O–H groups in total. The minimum atomic E-state index is -1.16. The van der Waals surface area contributed by atoms with Crippen LogP contribution in [-0.2, 0) is 16.0 Å². The fraction of sp³-hybridized carbons (Fsp3) is 0.467. The summed E-state index contributed by atoms with van der Waals surface area (Å²) in [7, 11) is 0. The molecular formula is C15H19NO5. The molecule has 0 saturated carbocycles. The van der Waals surface area contributed by atoms with Gasteiger partial charge in [0.1, 0.15) is 17.5 Å². The van der Waals surface area contributed by atoms with Crippen molar-refractivity contribution in [2.75, 3.05) is 0 Å². The first-order valence-electron chi connectivity index (χ1n) is 6.73. The monoisotopic (exact) mass is 293 g/mol. The molecule has 1 aromatic carbocycles. The topological polar surface area (TPSA) is 84.9 Å². The van der Waals surface area contributed by atoms with Gasteiger partial charge in [0, 0.05) is 6.42 Å². The third kappa shape index (κ3) is 3.87. The average Bonchev–Trinajstić information content (AvgIpc) is 2.76. The van der Waals surface area contributed by atoms with Gasteiger partial charge in [0.2, 0.25) is 0 Å². The Kier molecular flexibility index (Phi) is 4.06. The highest BCUT2D eigenvalue weighted by molar-refractivity contribution is 5.81. The fourth-order valence-electron chi connectivity index (χ4n) is 2.14. The predicted octanol–water partition coefficient (Wildman–Crippen LogP) is 1.97. The maximum absolute atomic E-state index is 11.8. The molecule has 1 heterocycles. The van der Waals surface area contributed by atoms with Gasteiger partial charge in [-0.1, -0.05) is 18.2 Å². The molecule has 0 saturated heterocycles. The van der Waals surface area contributed by atoms with Gasteiger partial charge in [0.15, 0.2) is 6.04 Å². The fourth-order valence-corrected chi connectivity index (χ4v) is 2.14. The van der Waals surface area contributed by atoms with Crippen LogP contribution in [0.4, 0.5) is 4.79 Å². The van der Waals surface area contributed by atoms with E-state index in [0.29, 0.717) is 12.2 Å². The number of para-hydroxylation sites is 1. The van der Waals surface area contributed by atoms with Gasteiger partial charge in [-0.3, -0.25) is 0 Å². The highest BCUT2D eigenvalue weighted by Gasteiger charge is 2.37. The van der Waals surface area contributed by atoms with Gasteiger partial charge in [0.05, 0.1) is 0 Å². The Bertz CT molecular complexity index is 524. The summed E-state index contributed by atoms with van der Waals surface area (Å²) in [6.45, 7) is 5.14. The molecule has 1 unspecified atom stereocenters. The van der Waals surface area contributed by atoms with Crippen LogP contribution >= 0.6 is 0 Å². The molecule has 1 amide bonds. The van der Waals surface area contributed by atoms with Gasteiger partial charge in [-0.25, -0.2) is 9.59 Å². The van der Waals surface area contributed by atoms with Crippen molar-refractivity contribution in [1.29, 1.82) is 0 Å². The number of fused-ring (bicyclic) bond motifs is 1. The van der Waals surface area contributed by atoms with Crippen molar-refractivity contribution in [1.82, 2.24) is 5.32 Å². The van der Waals surface area contributed by atoms with E-state index in [2.05, 4.69) is 5.32 Å². The van der Waals surface area contributed by atoms with Crippen molar-refractivity contribution in [3.63, 3.8) is 0 Å². The lowest BCUT2D eigenvalue weighted by molar-refractivity contribution is -0.141. The molecule has 21 heavy (non-hydrogen) atoms. The minimum Gasteiger partial charge on any atom is -0.487 e. The molecule has 2 atom stereocenters. The number of benzene rings is 1. The van der Waals surface area contributed by atoms with Crippen LogP contribution in [0.1, 0.15) is 26.3 Å². The highest BCUT2D eigenvalue weighted by atomic mass is 16.6. The SMILES string of the molecule is CC(C)(C)OC(=O)N[C@H](C(=O)O)C1Cc2ccccc2O1. The molecule has 0 fully saturated rings. The smallest absolute Gasteiger partial charge is 0.408 e. The molecule has 1 aliphatic rings.